The number of ether oxygens (including phenoxy) is 1. The number of methoxy groups -OCH3 is 1. The van der Waals surface area contributed by atoms with Crippen LogP contribution in [0, 0.1) is 5.82 Å². The lowest BCUT2D eigenvalue weighted by atomic mass is 9.88. The van der Waals surface area contributed by atoms with Gasteiger partial charge >= 0.3 is 0 Å². The van der Waals surface area contributed by atoms with Gasteiger partial charge in [-0.3, -0.25) is 0 Å². The van der Waals surface area contributed by atoms with Crippen molar-refractivity contribution < 1.29 is 19.1 Å². The Morgan fingerprint density at radius 1 is 1.04 bits per heavy atom. The minimum absolute atomic E-state index is 0.0536. The lowest BCUT2D eigenvalue weighted by molar-refractivity contribution is -0.906. The average Bonchev–Trinajstić information content (AvgIpc) is 2.67. The summed E-state index contributed by atoms with van der Waals surface area (Å²) in [5.41, 5.74) is 1.70. The number of piperidine rings is 1. The third kappa shape index (κ3) is 4.39. The van der Waals surface area contributed by atoms with E-state index in [0.29, 0.717) is 5.56 Å². The Balaban J connectivity index is 1.86. The predicted molar refractivity (Wildman–Crippen MR) is 96.5 cm³/mol. The summed E-state index contributed by atoms with van der Waals surface area (Å²) in [6.45, 7) is 3.15. The Hall–Kier alpha value is -1.91. The van der Waals surface area contributed by atoms with E-state index >= 15 is 0 Å². The Morgan fingerprint density at radius 3 is 2.40 bits per heavy atom. The van der Waals surface area contributed by atoms with Gasteiger partial charge in [0, 0.05) is 0 Å². The average molecular weight is 344 g/mol. The van der Waals surface area contributed by atoms with Crippen molar-refractivity contribution in [1.82, 2.24) is 0 Å². The highest BCUT2D eigenvalue weighted by Gasteiger charge is 2.28. The van der Waals surface area contributed by atoms with Crippen LogP contribution in [0.1, 0.15) is 42.4 Å². The highest BCUT2D eigenvalue weighted by atomic mass is 19.1. The van der Waals surface area contributed by atoms with Crippen molar-refractivity contribution in [3.05, 3.63) is 65.5 Å². The smallest absolute Gasteiger partial charge is 0.165 e. The molecule has 0 spiro atoms. The van der Waals surface area contributed by atoms with Crippen LogP contribution in [0.15, 0.2) is 48.5 Å². The van der Waals surface area contributed by atoms with Crippen LogP contribution in [0.25, 0.3) is 0 Å². The molecule has 2 atom stereocenters. The van der Waals surface area contributed by atoms with E-state index in [4.69, 9.17) is 4.74 Å². The number of hydrogen-bond acceptors (Lipinski definition) is 2. The van der Waals surface area contributed by atoms with E-state index in [1.54, 1.807) is 12.1 Å². The van der Waals surface area contributed by atoms with Crippen molar-refractivity contribution in [1.29, 1.82) is 0 Å². The maximum atomic E-state index is 14.1. The highest BCUT2D eigenvalue weighted by Crippen LogP contribution is 2.32. The Labute approximate surface area is 149 Å². The first kappa shape index (κ1) is 17.9. The molecule has 0 saturated carbocycles. The number of quaternary nitrogens is 1. The molecule has 3 rings (SSSR count). The van der Waals surface area contributed by atoms with Crippen LogP contribution in [-0.2, 0) is 0 Å². The molecule has 0 amide bonds. The third-order valence-electron chi connectivity index (χ3n) is 5.20. The number of aliphatic hydroxyl groups is 1. The van der Waals surface area contributed by atoms with Gasteiger partial charge in [-0.1, -0.05) is 36.4 Å². The molecular formula is C21H27FNO2+. The standard InChI is InChI=1S/C21H26FNO2/c1-25-20-11-10-17(14-19(20)22)21(24)18(16-8-4-2-5-9-16)15-23-12-6-3-7-13-23/h2,4-5,8-11,14,18,21,24H,3,6-7,12-13,15H2,1H3/p+1/t18-,21-/m1/s1. The van der Waals surface area contributed by atoms with E-state index in [1.807, 2.05) is 18.2 Å². The summed E-state index contributed by atoms with van der Waals surface area (Å²) in [6.07, 6.45) is 3.04. The molecule has 0 aliphatic carbocycles. The fourth-order valence-corrected chi connectivity index (χ4v) is 3.78. The first-order chi connectivity index (χ1) is 12.2. The zero-order valence-electron chi connectivity index (χ0n) is 14.7. The summed E-state index contributed by atoms with van der Waals surface area (Å²) in [5, 5.41) is 11.0. The summed E-state index contributed by atoms with van der Waals surface area (Å²) in [6, 6.07) is 14.8. The van der Waals surface area contributed by atoms with Gasteiger partial charge in [0.15, 0.2) is 11.6 Å². The van der Waals surface area contributed by atoms with Crippen LogP contribution in [0.5, 0.6) is 5.75 Å². The Morgan fingerprint density at radius 2 is 1.76 bits per heavy atom. The van der Waals surface area contributed by atoms with E-state index in [9.17, 15) is 9.50 Å². The number of halogens is 1. The fourth-order valence-electron chi connectivity index (χ4n) is 3.78. The van der Waals surface area contributed by atoms with E-state index in [-0.39, 0.29) is 11.7 Å². The Kier molecular flexibility index (Phi) is 6.05. The topological polar surface area (TPSA) is 33.9 Å². The van der Waals surface area contributed by atoms with Crippen LogP contribution < -0.4 is 9.64 Å². The van der Waals surface area contributed by atoms with Gasteiger partial charge in [-0.2, -0.15) is 0 Å². The number of aliphatic hydroxyl groups excluding tert-OH is 1. The van der Waals surface area contributed by atoms with Gasteiger partial charge in [0.1, 0.15) is 0 Å². The van der Waals surface area contributed by atoms with E-state index in [2.05, 4.69) is 12.1 Å². The van der Waals surface area contributed by atoms with Crippen molar-refractivity contribution in [3.63, 3.8) is 0 Å². The summed E-state index contributed by atoms with van der Waals surface area (Å²) >= 11 is 0. The zero-order valence-corrected chi connectivity index (χ0v) is 14.7. The lowest BCUT2D eigenvalue weighted by Gasteiger charge is -2.30. The number of hydrogen-bond donors (Lipinski definition) is 2. The molecule has 4 heteroatoms. The van der Waals surface area contributed by atoms with Gasteiger partial charge < -0.3 is 14.7 Å². The summed E-state index contributed by atoms with van der Waals surface area (Å²) in [5.74, 6) is -0.285. The number of benzene rings is 2. The molecule has 25 heavy (non-hydrogen) atoms. The molecule has 1 heterocycles. The maximum absolute atomic E-state index is 14.1. The van der Waals surface area contributed by atoms with E-state index < -0.39 is 11.9 Å². The molecule has 0 aromatic heterocycles. The van der Waals surface area contributed by atoms with Crippen molar-refractivity contribution in [3.8, 4) is 5.75 Å². The molecule has 1 saturated heterocycles. The second kappa shape index (κ2) is 8.45. The molecule has 1 aliphatic rings. The monoisotopic (exact) mass is 344 g/mol. The molecule has 134 valence electrons. The molecule has 0 unspecified atom stereocenters. The highest BCUT2D eigenvalue weighted by molar-refractivity contribution is 5.33. The lowest BCUT2D eigenvalue weighted by Crippen LogP contribution is -3.13. The van der Waals surface area contributed by atoms with Gasteiger partial charge in [0.2, 0.25) is 0 Å². The molecule has 2 N–H and O–H groups in total. The maximum Gasteiger partial charge on any atom is 0.165 e. The van der Waals surface area contributed by atoms with Gasteiger partial charge in [0.05, 0.1) is 38.8 Å². The van der Waals surface area contributed by atoms with Gasteiger partial charge in [-0.05, 0) is 42.5 Å². The molecule has 2 aromatic carbocycles. The van der Waals surface area contributed by atoms with E-state index in [1.165, 1.54) is 37.3 Å². The van der Waals surface area contributed by atoms with Crippen LogP contribution in [0.2, 0.25) is 0 Å². The number of nitrogens with one attached hydrogen (secondary N) is 1. The van der Waals surface area contributed by atoms with Gasteiger partial charge in [-0.25, -0.2) is 4.39 Å². The van der Waals surface area contributed by atoms with Crippen molar-refractivity contribution >= 4 is 0 Å². The van der Waals surface area contributed by atoms with Crippen LogP contribution >= 0.6 is 0 Å². The van der Waals surface area contributed by atoms with Crippen LogP contribution in [-0.4, -0.2) is 31.9 Å². The zero-order chi connectivity index (χ0) is 17.6. The predicted octanol–water partition coefficient (Wildman–Crippen LogP) is 2.72. The first-order valence-corrected chi connectivity index (χ1v) is 9.09. The molecule has 3 nitrogen and oxygen atoms in total. The summed E-state index contributed by atoms with van der Waals surface area (Å²) in [4.78, 5) is 1.52. The van der Waals surface area contributed by atoms with Crippen LogP contribution in [0.4, 0.5) is 4.39 Å². The van der Waals surface area contributed by atoms with Crippen LogP contribution in [0.3, 0.4) is 0 Å². The quantitative estimate of drug-likeness (QED) is 0.845. The van der Waals surface area contributed by atoms with Gasteiger partial charge in [-0.15, -0.1) is 0 Å². The molecule has 0 radical (unpaired) electrons. The minimum Gasteiger partial charge on any atom is -0.494 e. The summed E-state index contributed by atoms with van der Waals surface area (Å²) < 4.78 is 19.1. The first-order valence-electron chi connectivity index (χ1n) is 9.09. The largest absolute Gasteiger partial charge is 0.494 e. The SMILES string of the molecule is COc1ccc([C@@H](O)[C@H](C[NH+]2CCCCC2)c2ccccc2)cc1F. The molecule has 1 aliphatic heterocycles. The number of rotatable bonds is 6. The molecular weight excluding hydrogens is 317 g/mol. The molecule has 0 bridgehead atoms. The molecule has 2 aromatic rings. The third-order valence-corrected chi connectivity index (χ3v) is 5.20. The van der Waals surface area contributed by atoms with Crippen molar-refractivity contribution in [2.75, 3.05) is 26.7 Å². The second-order valence-electron chi connectivity index (χ2n) is 6.87. The normalized spacial score (nSPS) is 17.9. The Bertz CT molecular complexity index is 671. The molecule has 1 fully saturated rings. The number of likely N-dealkylation sites (tertiary alicyclic amines) is 1. The van der Waals surface area contributed by atoms with Gasteiger partial charge in [0.25, 0.3) is 0 Å². The van der Waals surface area contributed by atoms with E-state index in [0.717, 1.165) is 25.2 Å². The van der Waals surface area contributed by atoms with Crippen molar-refractivity contribution in [2.24, 2.45) is 0 Å². The minimum atomic E-state index is -0.739. The summed E-state index contributed by atoms with van der Waals surface area (Å²) in [7, 11) is 1.45. The fraction of sp³-hybridized carbons (Fsp3) is 0.429. The second-order valence-corrected chi connectivity index (χ2v) is 6.87. The van der Waals surface area contributed by atoms with Crippen molar-refractivity contribution in [2.45, 2.75) is 31.3 Å².